The van der Waals surface area contributed by atoms with Crippen molar-refractivity contribution in [2.45, 2.75) is 58.0 Å². The Hall–Kier alpha value is -1.58. The predicted octanol–water partition coefficient (Wildman–Crippen LogP) is 3.75. The van der Waals surface area contributed by atoms with E-state index >= 15 is 0 Å². The topological polar surface area (TPSA) is 45.2 Å². The van der Waals surface area contributed by atoms with Crippen LogP contribution in [-0.2, 0) is 0 Å². The van der Waals surface area contributed by atoms with Crippen LogP contribution in [0.5, 0.6) is 0 Å². The second kappa shape index (κ2) is 6.67. The number of carbonyl (C=O) groups is 1. The first kappa shape index (κ1) is 15.3. The van der Waals surface area contributed by atoms with Crippen LogP contribution < -0.4 is 5.32 Å². The van der Waals surface area contributed by atoms with E-state index in [1.54, 1.807) is 6.20 Å². The van der Waals surface area contributed by atoms with Crippen molar-refractivity contribution in [3.8, 4) is 0 Å². The van der Waals surface area contributed by atoms with E-state index in [-0.39, 0.29) is 12.1 Å². The van der Waals surface area contributed by atoms with Gasteiger partial charge in [-0.3, -0.25) is 4.98 Å². The van der Waals surface area contributed by atoms with Gasteiger partial charge in [-0.25, -0.2) is 4.79 Å². The van der Waals surface area contributed by atoms with Gasteiger partial charge in [-0.15, -0.1) is 0 Å². The van der Waals surface area contributed by atoms with E-state index in [0.717, 1.165) is 24.6 Å². The smallest absolute Gasteiger partial charge is 0.318 e. The van der Waals surface area contributed by atoms with Gasteiger partial charge >= 0.3 is 6.03 Å². The normalized spacial score (nSPS) is 23.4. The van der Waals surface area contributed by atoms with Gasteiger partial charge in [0.1, 0.15) is 0 Å². The number of rotatable bonds is 4. The van der Waals surface area contributed by atoms with E-state index < -0.39 is 0 Å². The third-order valence-electron chi connectivity index (χ3n) is 5.21. The molecule has 2 heterocycles. The molecule has 1 saturated heterocycles. The summed E-state index contributed by atoms with van der Waals surface area (Å²) in [4.78, 5) is 19.3. The molecule has 1 aliphatic heterocycles. The molecule has 2 aliphatic rings. The van der Waals surface area contributed by atoms with Crippen molar-refractivity contribution < 1.29 is 4.79 Å². The minimum Gasteiger partial charge on any atom is -0.329 e. The molecule has 0 radical (unpaired) electrons. The summed E-state index contributed by atoms with van der Waals surface area (Å²) < 4.78 is 0. The first-order chi connectivity index (χ1) is 10.7. The zero-order chi connectivity index (χ0) is 15.5. The van der Waals surface area contributed by atoms with Crippen LogP contribution in [0, 0.1) is 11.8 Å². The first-order valence-electron chi connectivity index (χ1n) is 8.65. The van der Waals surface area contributed by atoms with Crippen molar-refractivity contribution in [2.75, 3.05) is 6.54 Å². The molecule has 3 rings (SSSR count). The number of urea groups is 1. The van der Waals surface area contributed by atoms with Crippen LogP contribution >= 0.6 is 0 Å². The predicted molar refractivity (Wildman–Crippen MR) is 87.4 cm³/mol. The molecule has 0 bridgehead atoms. The molecular weight excluding hydrogens is 274 g/mol. The van der Waals surface area contributed by atoms with Crippen LogP contribution in [0.2, 0.25) is 0 Å². The lowest BCUT2D eigenvalue weighted by Crippen LogP contribution is -2.48. The Bertz CT molecular complexity index is 498. The minimum atomic E-state index is -0.0173. The number of likely N-dealkylation sites (tertiary alicyclic amines) is 1. The highest BCUT2D eigenvalue weighted by atomic mass is 16.2. The maximum absolute atomic E-state index is 12.8. The van der Waals surface area contributed by atoms with E-state index in [9.17, 15) is 4.79 Å². The van der Waals surface area contributed by atoms with E-state index in [1.165, 1.54) is 25.7 Å². The molecule has 120 valence electrons. The molecule has 0 aromatic carbocycles. The SMILES string of the molecule is CC(C)[C@@H](NC(=O)N1CCC[C@@H]1C1CCC1)c1ccccn1. The van der Waals surface area contributed by atoms with Crippen molar-refractivity contribution >= 4 is 6.03 Å². The fourth-order valence-corrected chi connectivity index (χ4v) is 3.72. The fraction of sp³-hybridized carbons (Fsp3) is 0.667. The molecule has 1 aliphatic carbocycles. The van der Waals surface area contributed by atoms with Gasteiger partial charge in [0.15, 0.2) is 0 Å². The van der Waals surface area contributed by atoms with E-state index in [1.807, 2.05) is 18.2 Å². The lowest BCUT2D eigenvalue weighted by atomic mass is 9.79. The summed E-state index contributed by atoms with van der Waals surface area (Å²) in [7, 11) is 0. The van der Waals surface area contributed by atoms with Gasteiger partial charge in [-0.05, 0) is 49.7 Å². The van der Waals surface area contributed by atoms with E-state index in [4.69, 9.17) is 0 Å². The Balaban J connectivity index is 1.68. The molecule has 1 aromatic heterocycles. The summed E-state index contributed by atoms with van der Waals surface area (Å²) in [6, 6.07) is 6.44. The average molecular weight is 301 g/mol. The van der Waals surface area contributed by atoms with Crippen molar-refractivity contribution in [2.24, 2.45) is 11.8 Å². The standard InChI is InChI=1S/C18H27N3O/c1-13(2)17(15-9-3-4-11-19-15)20-18(22)21-12-6-10-16(21)14-7-5-8-14/h3-4,9,11,13-14,16-17H,5-8,10,12H2,1-2H3,(H,20,22)/t16-,17-/m1/s1. The Morgan fingerprint density at radius 2 is 2.09 bits per heavy atom. The molecule has 2 amide bonds. The number of nitrogens with zero attached hydrogens (tertiary/aromatic N) is 2. The molecule has 1 N–H and O–H groups in total. The van der Waals surface area contributed by atoms with Crippen LogP contribution in [0.1, 0.15) is 57.7 Å². The van der Waals surface area contributed by atoms with Crippen LogP contribution in [0.4, 0.5) is 4.79 Å². The highest BCUT2D eigenvalue weighted by Gasteiger charge is 2.38. The van der Waals surface area contributed by atoms with E-state index in [2.05, 4.69) is 29.0 Å². The maximum atomic E-state index is 12.8. The van der Waals surface area contributed by atoms with Crippen LogP contribution in [0.25, 0.3) is 0 Å². The number of carbonyl (C=O) groups excluding carboxylic acids is 1. The lowest BCUT2D eigenvalue weighted by molar-refractivity contribution is 0.135. The second-order valence-corrected chi connectivity index (χ2v) is 7.02. The highest BCUT2D eigenvalue weighted by Crippen LogP contribution is 2.37. The quantitative estimate of drug-likeness (QED) is 0.920. The summed E-state index contributed by atoms with van der Waals surface area (Å²) >= 11 is 0. The zero-order valence-corrected chi connectivity index (χ0v) is 13.7. The molecular formula is C18H27N3O. The Labute approximate surface area is 133 Å². The Kier molecular flexibility index (Phi) is 4.65. The lowest BCUT2D eigenvalue weighted by Gasteiger charge is -2.37. The zero-order valence-electron chi connectivity index (χ0n) is 13.7. The van der Waals surface area contributed by atoms with Gasteiger partial charge < -0.3 is 10.2 Å². The van der Waals surface area contributed by atoms with Gasteiger partial charge in [0, 0.05) is 18.8 Å². The summed E-state index contributed by atoms with van der Waals surface area (Å²) in [5, 5.41) is 3.23. The van der Waals surface area contributed by atoms with Crippen LogP contribution in [0.3, 0.4) is 0 Å². The van der Waals surface area contributed by atoms with Crippen molar-refractivity contribution in [1.29, 1.82) is 0 Å². The Morgan fingerprint density at radius 3 is 2.68 bits per heavy atom. The highest BCUT2D eigenvalue weighted by molar-refractivity contribution is 5.75. The first-order valence-corrected chi connectivity index (χ1v) is 8.65. The monoisotopic (exact) mass is 301 g/mol. The van der Waals surface area contributed by atoms with Crippen molar-refractivity contribution in [1.82, 2.24) is 15.2 Å². The summed E-state index contributed by atoms with van der Waals surface area (Å²) in [5.41, 5.74) is 0.949. The summed E-state index contributed by atoms with van der Waals surface area (Å²) in [5.74, 6) is 1.06. The third-order valence-corrected chi connectivity index (χ3v) is 5.21. The summed E-state index contributed by atoms with van der Waals surface area (Å²) in [6.07, 6.45) is 8.03. The number of nitrogens with one attached hydrogen (secondary N) is 1. The minimum absolute atomic E-state index is 0.0173. The Morgan fingerprint density at radius 1 is 1.27 bits per heavy atom. The number of amides is 2. The third kappa shape index (κ3) is 3.11. The molecule has 0 spiro atoms. The number of hydrogen-bond donors (Lipinski definition) is 1. The molecule has 2 fully saturated rings. The van der Waals surface area contributed by atoms with Gasteiger partial charge in [0.2, 0.25) is 0 Å². The van der Waals surface area contributed by atoms with Crippen LogP contribution in [0.15, 0.2) is 24.4 Å². The summed E-state index contributed by atoms with van der Waals surface area (Å²) in [6.45, 7) is 5.17. The molecule has 2 atom stereocenters. The molecule has 1 saturated carbocycles. The molecule has 22 heavy (non-hydrogen) atoms. The van der Waals surface area contributed by atoms with Crippen LogP contribution in [-0.4, -0.2) is 28.5 Å². The number of pyridine rings is 1. The largest absolute Gasteiger partial charge is 0.329 e. The van der Waals surface area contributed by atoms with Crippen molar-refractivity contribution in [3.05, 3.63) is 30.1 Å². The van der Waals surface area contributed by atoms with Gasteiger partial charge in [-0.1, -0.05) is 26.3 Å². The van der Waals surface area contributed by atoms with E-state index in [0.29, 0.717) is 12.0 Å². The van der Waals surface area contributed by atoms with Gasteiger partial charge in [-0.2, -0.15) is 0 Å². The molecule has 0 unspecified atom stereocenters. The van der Waals surface area contributed by atoms with Gasteiger partial charge in [0.25, 0.3) is 0 Å². The molecule has 4 heteroatoms. The average Bonchev–Trinajstić information content (AvgIpc) is 2.92. The second-order valence-electron chi connectivity index (χ2n) is 7.02. The maximum Gasteiger partial charge on any atom is 0.318 e. The molecule has 4 nitrogen and oxygen atoms in total. The fourth-order valence-electron chi connectivity index (χ4n) is 3.72. The van der Waals surface area contributed by atoms with Crippen molar-refractivity contribution in [3.63, 3.8) is 0 Å². The molecule has 1 aromatic rings. The number of hydrogen-bond acceptors (Lipinski definition) is 2. The number of aromatic nitrogens is 1. The van der Waals surface area contributed by atoms with Gasteiger partial charge in [0.05, 0.1) is 11.7 Å².